The average Bonchev–Trinajstić information content (AvgIpc) is 2.68. The number of fused-ring (bicyclic) bond motifs is 1. The van der Waals surface area contributed by atoms with Crippen LogP contribution in [0.15, 0.2) is 24.3 Å². The zero-order valence-electron chi connectivity index (χ0n) is 10.8. The predicted octanol–water partition coefficient (Wildman–Crippen LogP) is 3.03. The van der Waals surface area contributed by atoms with Crippen LogP contribution in [0.3, 0.4) is 0 Å². The molecule has 1 aromatic rings. The summed E-state index contributed by atoms with van der Waals surface area (Å²) < 4.78 is 0. The maximum absolute atomic E-state index is 12.2. The lowest BCUT2D eigenvalue weighted by molar-refractivity contribution is 0.0656. The summed E-state index contributed by atoms with van der Waals surface area (Å²) in [5.41, 5.74) is 1.00. The van der Waals surface area contributed by atoms with Crippen molar-refractivity contribution in [1.29, 1.82) is 0 Å². The molecule has 2 amide bonds. The lowest BCUT2D eigenvalue weighted by atomic mass is 10.1. The minimum absolute atomic E-state index is 0.101. The van der Waals surface area contributed by atoms with E-state index >= 15 is 0 Å². The lowest BCUT2D eigenvalue weighted by Gasteiger charge is -2.20. The summed E-state index contributed by atoms with van der Waals surface area (Å²) in [4.78, 5) is 25.7. The zero-order valence-corrected chi connectivity index (χ0v) is 12.3. The Labute approximate surface area is 122 Å². The van der Waals surface area contributed by atoms with Gasteiger partial charge in [-0.15, -0.1) is 11.6 Å². The van der Waals surface area contributed by atoms with Crippen LogP contribution >= 0.6 is 23.4 Å². The topological polar surface area (TPSA) is 37.4 Å². The third-order valence-corrected chi connectivity index (χ3v) is 4.98. The summed E-state index contributed by atoms with van der Waals surface area (Å²) in [6.45, 7) is 2.49. The number of amides is 2. The van der Waals surface area contributed by atoms with Crippen molar-refractivity contribution in [3.8, 4) is 0 Å². The SMILES string of the molecule is CCCSC(CCl)CN1C(=O)c2ccccc2C1=O. The fourth-order valence-corrected chi connectivity index (χ4v) is 3.32. The predicted molar refractivity (Wildman–Crippen MR) is 79.1 cm³/mol. The first-order valence-electron chi connectivity index (χ1n) is 6.31. The molecule has 1 heterocycles. The summed E-state index contributed by atoms with van der Waals surface area (Å²) in [6.07, 6.45) is 1.06. The van der Waals surface area contributed by atoms with Gasteiger partial charge in [-0.2, -0.15) is 11.8 Å². The molecule has 1 unspecified atom stereocenters. The average molecular weight is 298 g/mol. The van der Waals surface area contributed by atoms with Crippen molar-refractivity contribution in [2.45, 2.75) is 18.6 Å². The molecule has 1 aromatic carbocycles. The molecule has 0 saturated carbocycles. The van der Waals surface area contributed by atoms with E-state index < -0.39 is 0 Å². The molecule has 0 radical (unpaired) electrons. The second-order valence-electron chi connectivity index (χ2n) is 4.41. The van der Waals surface area contributed by atoms with Gasteiger partial charge in [-0.1, -0.05) is 19.1 Å². The van der Waals surface area contributed by atoms with Crippen molar-refractivity contribution in [2.24, 2.45) is 0 Å². The van der Waals surface area contributed by atoms with Gasteiger partial charge >= 0.3 is 0 Å². The van der Waals surface area contributed by atoms with Crippen molar-refractivity contribution in [2.75, 3.05) is 18.2 Å². The molecule has 19 heavy (non-hydrogen) atoms. The molecule has 0 aliphatic carbocycles. The van der Waals surface area contributed by atoms with Gasteiger partial charge in [0.05, 0.1) is 11.1 Å². The Kier molecular flexibility index (Phi) is 4.88. The third-order valence-electron chi connectivity index (χ3n) is 2.99. The molecule has 5 heteroatoms. The number of halogens is 1. The monoisotopic (exact) mass is 297 g/mol. The van der Waals surface area contributed by atoms with Gasteiger partial charge in [-0.05, 0) is 24.3 Å². The number of imide groups is 1. The van der Waals surface area contributed by atoms with Gasteiger partial charge < -0.3 is 0 Å². The number of carbonyl (C=O) groups is 2. The summed E-state index contributed by atoms with van der Waals surface area (Å²) in [6, 6.07) is 6.95. The second kappa shape index (κ2) is 6.44. The van der Waals surface area contributed by atoms with Crippen LogP contribution in [0.25, 0.3) is 0 Å². The van der Waals surface area contributed by atoms with Gasteiger partial charge in [0, 0.05) is 17.7 Å². The normalized spacial score (nSPS) is 15.8. The highest BCUT2D eigenvalue weighted by Gasteiger charge is 2.36. The molecule has 2 rings (SSSR count). The highest BCUT2D eigenvalue weighted by atomic mass is 35.5. The Morgan fingerprint density at radius 3 is 2.26 bits per heavy atom. The molecule has 0 fully saturated rings. The Morgan fingerprint density at radius 2 is 1.79 bits per heavy atom. The van der Waals surface area contributed by atoms with Gasteiger partial charge in [0.1, 0.15) is 0 Å². The highest BCUT2D eigenvalue weighted by molar-refractivity contribution is 8.00. The summed E-state index contributed by atoms with van der Waals surface area (Å²) in [7, 11) is 0. The molecule has 1 atom stereocenters. The van der Waals surface area contributed by atoms with E-state index in [4.69, 9.17) is 11.6 Å². The van der Waals surface area contributed by atoms with E-state index in [9.17, 15) is 9.59 Å². The summed E-state index contributed by atoms with van der Waals surface area (Å²) in [5, 5.41) is 0.101. The van der Waals surface area contributed by atoms with Crippen LogP contribution < -0.4 is 0 Å². The number of alkyl halides is 1. The highest BCUT2D eigenvalue weighted by Crippen LogP contribution is 2.25. The minimum atomic E-state index is -0.201. The molecule has 0 N–H and O–H groups in total. The van der Waals surface area contributed by atoms with Crippen LogP contribution in [0, 0.1) is 0 Å². The fraction of sp³-hybridized carbons (Fsp3) is 0.429. The Bertz CT molecular complexity index is 457. The van der Waals surface area contributed by atoms with E-state index in [2.05, 4.69) is 6.92 Å². The van der Waals surface area contributed by atoms with E-state index in [1.807, 2.05) is 0 Å². The standard InChI is InChI=1S/C14H16ClNO2S/c1-2-7-19-10(8-15)9-16-13(17)11-5-3-4-6-12(11)14(16)18/h3-6,10H,2,7-9H2,1H3. The zero-order chi connectivity index (χ0) is 13.8. The first kappa shape index (κ1) is 14.4. The van der Waals surface area contributed by atoms with Gasteiger partial charge in [0.25, 0.3) is 11.8 Å². The van der Waals surface area contributed by atoms with E-state index in [0.717, 1.165) is 12.2 Å². The molecule has 102 valence electrons. The number of rotatable bonds is 6. The molecular weight excluding hydrogens is 282 g/mol. The maximum Gasteiger partial charge on any atom is 0.261 e. The number of benzene rings is 1. The molecule has 0 spiro atoms. The molecule has 0 saturated heterocycles. The third kappa shape index (κ3) is 2.95. The maximum atomic E-state index is 12.2. The van der Waals surface area contributed by atoms with Crippen molar-refractivity contribution >= 4 is 35.2 Å². The van der Waals surface area contributed by atoms with Gasteiger partial charge in [0.2, 0.25) is 0 Å². The largest absolute Gasteiger partial charge is 0.273 e. The van der Waals surface area contributed by atoms with Gasteiger partial charge in [-0.25, -0.2) is 0 Å². The van der Waals surface area contributed by atoms with Crippen molar-refractivity contribution in [1.82, 2.24) is 4.90 Å². The van der Waals surface area contributed by atoms with Crippen molar-refractivity contribution in [3.05, 3.63) is 35.4 Å². The number of hydrogen-bond donors (Lipinski definition) is 0. The Balaban J connectivity index is 2.11. The van der Waals surface area contributed by atoms with E-state index in [0.29, 0.717) is 23.6 Å². The van der Waals surface area contributed by atoms with Crippen LogP contribution in [-0.2, 0) is 0 Å². The van der Waals surface area contributed by atoms with Crippen LogP contribution in [0.5, 0.6) is 0 Å². The second-order valence-corrected chi connectivity index (χ2v) is 6.13. The van der Waals surface area contributed by atoms with Crippen LogP contribution in [-0.4, -0.2) is 40.1 Å². The fourth-order valence-electron chi connectivity index (χ4n) is 2.04. The van der Waals surface area contributed by atoms with Crippen molar-refractivity contribution < 1.29 is 9.59 Å². The van der Waals surface area contributed by atoms with E-state index in [1.54, 1.807) is 36.0 Å². The molecule has 0 bridgehead atoms. The van der Waals surface area contributed by atoms with Crippen LogP contribution in [0.2, 0.25) is 0 Å². The van der Waals surface area contributed by atoms with E-state index in [1.165, 1.54) is 4.90 Å². The minimum Gasteiger partial charge on any atom is -0.273 e. The number of nitrogens with zero attached hydrogens (tertiary/aromatic N) is 1. The van der Waals surface area contributed by atoms with Crippen molar-refractivity contribution in [3.63, 3.8) is 0 Å². The lowest BCUT2D eigenvalue weighted by Crippen LogP contribution is -2.36. The summed E-state index contributed by atoms with van der Waals surface area (Å²) in [5.74, 6) is 1.03. The molecule has 1 aliphatic heterocycles. The Morgan fingerprint density at radius 1 is 1.21 bits per heavy atom. The molecular formula is C14H16ClNO2S. The number of thioether (sulfide) groups is 1. The number of hydrogen-bond acceptors (Lipinski definition) is 3. The van der Waals surface area contributed by atoms with Gasteiger partial charge in [0.15, 0.2) is 0 Å². The van der Waals surface area contributed by atoms with Gasteiger partial charge in [-0.3, -0.25) is 14.5 Å². The quantitative estimate of drug-likeness (QED) is 0.598. The van der Waals surface area contributed by atoms with E-state index in [-0.39, 0.29) is 17.1 Å². The molecule has 0 aromatic heterocycles. The number of carbonyl (C=O) groups excluding carboxylic acids is 2. The summed E-state index contributed by atoms with van der Waals surface area (Å²) >= 11 is 7.63. The first-order chi connectivity index (χ1) is 9.19. The smallest absolute Gasteiger partial charge is 0.261 e. The first-order valence-corrected chi connectivity index (χ1v) is 7.90. The van der Waals surface area contributed by atoms with Crippen LogP contribution in [0.4, 0.5) is 0 Å². The molecule has 3 nitrogen and oxygen atoms in total. The molecule has 1 aliphatic rings. The Hall–Kier alpha value is -1.00. The van der Waals surface area contributed by atoms with Crippen LogP contribution in [0.1, 0.15) is 34.1 Å².